The SMILES string of the molecule is Fc1ccc(CSc2ccc3nnc(-c4cccc(F)c4)n3n2)cc1. The predicted octanol–water partition coefficient (Wildman–Crippen LogP) is 4.36. The van der Waals surface area contributed by atoms with E-state index in [0.29, 0.717) is 22.8 Å². The average molecular weight is 354 g/mol. The van der Waals surface area contributed by atoms with Crippen LogP contribution in [0.25, 0.3) is 17.0 Å². The molecule has 0 N–H and O–H groups in total. The highest BCUT2D eigenvalue weighted by Gasteiger charge is 2.11. The minimum atomic E-state index is -0.337. The zero-order valence-corrected chi connectivity index (χ0v) is 13.8. The summed E-state index contributed by atoms with van der Waals surface area (Å²) < 4.78 is 28.0. The van der Waals surface area contributed by atoms with Crippen LogP contribution in [-0.2, 0) is 5.75 Å². The molecular weight excluding hydrogens is 342 g/mol. The van der Waals surface area contributed by atoms with Gasteiger partial charge in [-0.3, -0.25) is 0 Å². The molecule has 124 valence electrons. The molecule has 0 radical (unpaired) electrons. The van der Waals surface area contributed by atoms with Crippen molar-refractivity contribution in [3.63, 3.8) is 0 Å². The van der Waals surface area contributed by atoms with Crippen molar-refractivity contribution < 1.29 is 8.78 Å². The number of fused-ring (bicyclic) bond motifs is 1. The number of hydrogen-bond donors (Lipinski definition) is 0. The van der Waals surface area contributed by atoms with Gasteiger partial charge in [-0.05, 0) is 42.0 Å². The first-order valence-electron chi connectivity index (χ1n) is 7.55. The summed E-state index contributed by atoms with van der Waals surface area (Å²) in [5.41, 5.74) is 2.20. The van der Waals surface area contributed by atoms with Gasteiger partial charge in [-0.2, -0.15) is 9.61 Å². The maximum atomic E-state index is 13.5. The fraction of sp³-hybridized carbons (Fsp3) is 0.0556. The molecule has 0 aliphatic heterocycles. The van der Waals surface area contributed by atoms with Crippen LogP contribution in [0.3, 0.4) is 0 Å². The molecule has 0 atom stereocenters. The van der Waals surface area contributed by atoms with Crippen molar-refractivity contribution in [2.75, 3.05) is 0 Å². The van der Waals surface area contributed by atoms with Gasteiger partial charge in [0.1, 0.15) is 16.7 Å². The molecule has 0 spiro atoms. The van der Waals surface area contributed by atoms with E-state index in [9.17, 15) is 8.78 Å². The number of nitrogens with zero attached hydrogens (tertiary/aromatic N) is 4. The molecule has 0 aliphatic carbocycles. The lowest BCUT2D eigenvalue weighted by Crippen LogP contribution is -1.97. The number of hydrogen-bond acceptors (Lipinski definition) is 4. The summed E-state index contributed by atoms with van der Waals surface area (Å²) in [6.45, 7) is 0. The lowest BCUT2D eigenvalue weighted by atomic mass is 10.2. The molecule has 4 nitrogen and oxygen atoms in total. The van der Waals surface area contributed by atoms with Gasteiger partial charge in [0.2, 0.25) is 0 Å². The first-order chi connectivity index (χ1) is 12.2. The third-order valence-corrected chi connectivity index (χ3v) is 4.61. The third kappa shape index (κ3) is 3.36. The monoisotopic (exact) mass is 354 g/mol. The Kier molecular flexibility index (Phi) is 4.15. The summed E-state index contributed by atoms with van der Waals surface area (Å²) in [5, 5.41) is 13.5. The van der Waals surface area contributed by atoms with Crippen molar-refractivity contribution in [2.45, 2.75) is 10.8 Å². The number of halogens is 2. The van der Waals surface area contributed by atoms with E-state index in [1.165, 1.54) is 36.0 Å². The van der Waals surface area contributed by atoms with Gasteiger partial charge in [0.25, 0.3) is 0 Å². The van der Waals surface area contributed by atoms with Gasteiger partial charge in [-0.25, -0.2) is 8.78 Å². The van der Waals surface area contributed by atoms with E-state index < -0.39 is 0 Å². The summed E-state index contributed by atoms with van der Waals surface area (Å²) in [4.78, 5) is 0. The fourth-order valence-electron chi connectivity index (χ4n) is 2.39. The third-order valence-electron chi connectivity index (χ3n) is 3.62. The highest BCUT2D eigenvalue weighted by Crippen LogP contribution is 2.23. The Morgan fingerprint density at radius 1 is 0.880 bits per heavy atom. The van der Waals surface area contributed by atoms with Crippen LogP contribution in [0.5, 0.6) is 0 Å². The first kappa shape index (κ1) is 15.7. The molecule has 0 saturated heterocycles. The standard InChI is InChI=1S/C18H12F2N4S/c19-14-6-4-12(5-7-14)11-25-17-9-8-16-21-22-18(24(16)23-17)13-2-1-3-15(20)10-13/h1-10H,11H2. The molecule has 0 amide bonds. The molecule has 2 heterocycles. The molecule has 0 unspecified atom stereocenters. The fourth-order valence-corrected chi connectivity index (χ4v) is 3.21. The van der Waals surface area contributed by atoms with Gasteiger partial charge in [0.05, 0.1) is 0 Å². The molecule has 0 bridgehead atoms. The smallest absolute Gasteiger partial charge is 0.185 e. The van der Waals surface area contributed by atoms with E-state index >= 15 is 0 Å². The molecule has 0 aliphatic rings. The minimum absolute atomic E-state index is 0.252. The van der Waals surface area contributed by atoms with Crippen molar-refractivity contribution >= 4 is 17.4 Å². The highest BCUT2D eigenvalue weighted by atomic mass is 32.2. The van der Waals surface area contributed by atoms with E-state index in [4.69, 9.17) is 0 Å². The topological polar surface area (TPSA) is 43.1 Å². The van der Waals surface area contributed by atoms with E-state index in [1.807, 2.05) is 12.1 Å². The summed E-state index contributed by atoms with van der Waals surface area (Å²) in [7, 11) is 0. The normalized spacial score (nSPS) is 11.1. The van der Waals surface area contributed by atoms with E-state index in [0.717, 1.165) is 10.6 Å². The Bertz CT molecular complexity index is 1030. The second kappa shape index (κ2) is 6.60. The number of benzene rings is 2. The Labute approximate surface area is 146 Å². The van der Waals surface area contributed by atoms with E-state index in [2.05, 4.69) is 15.3 Å². The molecule has 4 rings (SSSR count). The molecule has 7 heteroatoms. The molecule has 2 aromatic carbocycles. The summed E-state index contributed by atoms with van der Waals surface area (Å²) in [6.07, 6.45) is 0. The molecular formula is C18H12F2N4S. The van der Waals surface area contributed by atoms with Gasteiger partial charge < -0.3 is 0 Å². The van der Waals surface area contributed by atoms with Gasteiger partial charge in [0.15, 0.2) is 11.5 Å². The van der Waals surface area contributed by atoms with Crippen LogP contribution in [0.1, 0.15) is 5.56 Å². The molecule has 25 heavy (non-hydrogen) atoms. The van der Waals surface area contributed by atoms with Crippen molar-refractivity contribution in [3.05, 3.63) is 77.9 Å². The van der Waals surface area contributed by atoms with Gasteiger partial charge in [0, 0.05) is 11.3 Å². The zero-order valence-electron chi connectivity index (χ0n) is 12.9. The Morgan fingerprint density at radius 2 is 1.72 bits per heavy atom. The first-order valence-corrected chi connectivity index (χ1v) is 8.53. The molecule has 0 saturated carbocycles. The van der Waals surface area contributed by atoms with Crippen LogP contribution in [0.4, 0.5) is 8.78 Å². The largest absolute Gasteiger partial charge is 0.207 e. The maximum absolute atomic E-state index is 13.5. The second-order valence-corrected chi connectivity index (χ2v) is 6.39. The minimum Gasteiger partial charge on any atom is -0.207 e. The zero-order chi connectivity index (χ0) is 17.2. The van der Waals surface area contributed by atoms with Crippen LogP contribution in [0.15, 0.2) is 65.7 Å². The van der Waals surface area contributed by atoms with Crippen molar-refractivity contribution in [3.8, 4) is 11.4 Å². The molecule has 4 aromatic rings. The van der Waals surface area contributed by atoms with Crippen molar-refractivity contribution in [1.82, 2.24) is 19.8 Å². The molecule has 2 aromatic heterocycles. The van der Waals surface area contributed by atoms with Gasteiger partial charge in [-0.15, -0.1) is 10.2 Å². The maximum Gasteiger partial charge on any atom is 0.185 e. The van der Waals surface area contributed by atoms with Gasteiger partial charge in [-0.1, -0.05) is 36.0 Å². The lowest BCUT2D eigenvalue weighted by molar-refractivity contribution is 0.627. The van der Waals surface area contributed by atoms with Crippen LogP contribution < -0.4 is 0 Å². The van der Waals surface area contributed by atoms with Crippen molar-refractivity contribution in [2.24, 2.45) is 0 Å². The molecule has 0 fully saturated rings. The quantitative estimate of drug-likeness (QED) is 0.511. The highest BCUT2D eigenvalue weighted by molar-refractivity contribution is 7.98. The van der Waals surface area contributed by atoms with Crippen LogP contribution in [0, 0.1) is 11.6 Å². The van der Waals surface area contributed by atoms with Crippen molar-refractivity contribution in [1.29, 1.82) is 0 Å². The Hall–Kier alpha value is -2.80. The summed E-state index contributed by atoms with van der Waals surface area (Å²) in [5.74, 6) is 0.559. The number of thioether (sulfide) groups is 1. The Morgan fingerprint density at radius 3 is 2.52 bits per heavy atom. The second-order valence-electron chi connectivity index (χ2n) is 5.39. The van der Waals surface area contributed by atoms with E-state index in [-0.39, 0.29) is 11.6 Å². The Balaban J connectivity index is 1.63. The predicted molar refractivity (Wildman–Crippen MR) is 92.1 cm³/mol. The lowest BCUT2D eigenvalue weighted by Gasteiger charge is -2.04. The summed E-state index contributed by atoms with van der Waals surface area (Å²) in [6, 6.07) is 16.2. The van der Waals surface area contributed by atoms with Crippen LogP contribution in [-0.4, -0.2) is 19.8 Å². The number of rotatable bonds is 4. The van der Waals surface area contributed by atoms with E-state index in [1.54, 1.807) is 28.8 Å². The van der Waals surface area contributed by atoms with Crippen LogP contribution in [0.2, 0.25) is 0 Å². The van der Waals surface area contributed by atoms with Crippen LogP contribution >= 0.6 is 11.8 Å². The van der Waals surface area contributed by atoms with Gasteiger partial charge >= 0.3 is 0 Å². The average Bonchev–Trinajstić information content (AvgIpc) is 3.04. The number of aromatic nitrogens is 4. The summed E-state index contributed by atoms with van der Waals surface area (Å²) >= 11 is 1.52.